The number of ketones is 1. The van der Waals surface area contributed by atoms with E-state index in [0.717, 1.165) is 5.56 Å². The van der Waals surface area contributed by atoms with Crippen LogP contribution in [-0.2, 0) is 19.6 Å². The van der Waals surface area contributed by atoms with Crippen molar-refractivity contribution in [2.24, 2.45) is 0 Å². The normalized spacial score (nSPS) is 12.1. The van der Waals surface area contributed by atoms with E-state index in [2.05, 4.69) is 5.32 Å². The summed E-state index contributed by atoms with van der Waals surface area (Å²) in [7, 11) is -4.14. The van der Waals surface area contributed by atoms with Crippen LogP contribution in [0.5, 0.6) is 0 Å². The highest BCUT2D eigenvalue weighted by Gasteiger charge is 2.22. The second-order valence-corrected chi connectivity index (χ2v) is 8.16. The molecule has 0 spiro atoms. The van der Waals surface area contributed by atoms with Gasteiger partial charge in [-0.3, -0.25) is 14.4 Å². The number of rotatable bonds is 7. The van der Waals surface area contributed by atoms with Crippen LogP contribution in [0.3, 0.4) is 0 Å². The quantitative estimate of drug-likeness (QED) is 0.691. The molecule has 0 saturated heterocycles. The summed E-state index contributed by atoms with van der Waals surface area (Å²) in [5, 5.41) is 2.66. The number of Topliss-reactive ketones (excluding diaryl/α,β-unsaturated/α-hetero) is 1. The number of amides is 2. The van der Waals surface area contributed by atoms with Gasteiger partial charge in [0, 0.05) is 12.5 Å². The first kappa shape index (κ1) is 21.3. The van der Waals surface area contributed by atoms with Gasteiger partial charge in [0.1, 0.15) is 0 Å². The molecule has 0 saturated carbocycles. The van der Waals surface area contributed by atoms with E-state index in [1.54, 1.807) is 12.1 Å². The third-order valence-corrected chi connectivity index (χ3v) is 5.42. The molecule has 0 heterocycles. The molecule has 2 N–H and O–H groups in total. The summed E-state index contributed by atoms with van der Waals surface area (Å²) in [6, 6.07) is 12.0. The molecule has 1 atom stereocenters. The molecule has 8 heteroatoms. The zero-order valence-corrected chi connectivity index (χ0v) is 16.7. The van der Waals surface area contributed by atoms with Crippen molar-refractivity contribution in [3.8, 4) is 0 Å². The lowest BCUT2D eigenvalue weighted by Gasteiger charge is -2.18. The van der Waals surface area contributed by atoms with Gasteiger partial charge in [-0.25, -0.2) is 13.1 Å². The lowest BCUT2D eigenvalue weighted by atomic mass is 10.0. The average Bonchev–Trinajstić information content (AvgIpc) is 2.61. The van der Waals surface area contributed by atoms with Gasteiger partial charge in [0.05, 0.1) is 17.4 Å². The fourth-order valence-electron chi connectivity index (χ4n) is 2.61. The average molecular weight is 402 g/mol. The minimum atomic E-state index is -4.14. The monoisotopic (exact) mass is 402 g/mol. The molecule has 28 heavy (non-hydrogen) atoms. The maximum atomic E-state index is 12.5. The van der Waals surface area contributed by atoms with Crippen molar-refractivity contribution in [2.45, 2.75) is 38.1 Å². The van der Waals surface area contributed by atoms with Gasteiger partial charge in [0.2, 0.25) is 11.8 Å². The van der Waals surface area contributed by atoms with Crippen molar-refractivity contribution in [3.05, 3.63) is 65.2 Å². The Bertz CT molecular complexity index is 998. The van der Waals surface area contributed by atoms with E-state index in [0.29, 0.717) is 5.56 Å². The highest BCUT2D eigenvalue weighted by Crippen LogP contribution is 2.19. The Balaban J connectivity index is 2.19. The van der Waals surface area contributed by atoms with Crippen molar-refractivity contribution >= 4 is 27.6 Å². The molecule has 0 aliphatic heterocycles. The van der Waals surface area contributed by atoms with Crippen LogP contribution in [0, 0.1) is 6.92 Å². The highest BCUT2D eigenvalue weighted by molar-refractivity contribution is 7.90. The molecule has 0 fully saturated rings. The predicted molar refractivity (Wildman–Crippen MR) is 104 cm³/mol. The molecular formula is C20H22N2O5S. The Morgan fingerprint density at radius 1 is 1.00 bits per heavy atom. The van der Waals surface area contributed by atoms with Crippen molar-refractivity contribution in [3.63, 3.8) is 0 Å². The van der Waals surface area contributed by atoms with Crippen molar-refractivity contribution in [1.29, 1.82) is 0 Å². The Hall–Kier alpha value is -3.00. The molecule has 0 aromatic heterocycles. The standard InChI is InChI=1S/C20H22N2O5S/c1-13-7-9-16(10-8-13)19(21-15(3)24)12-20(25)22-28(26,27)18-6-4-5-17(11-18)14(2)23/h4-11,19H,12H2,1-3H3,(H,21,24)(H,22,25). The topological polar surface area (TPSA) is 109 Å². The van der Waals surface area contributed by atoms with Gasteiger partial charge in [0.25, 0.3) is 10.0 Å². The Morgan fingerprint density at radius 2 is 1.64 bits per heavy atom. The second-order valence-electron chi connectivity index (χ2n) is 6.48. The number of benzene rings is 2. The van der Waals surface area contributed by atoms with E-state index < -0.39 is 22.0 Å². The summed E-state index contributed by atoms with van der Waals surface area (Å²) in [6.07, 6.45) is -0.256. The molecule has 2 aromatic carbocycles. The van der Waals surface area contributed by atoms with Crippen LogP contribution in [-0.4, -0.2) is 26.0 Å². The lowest BCUT2D eigenvalue weighted by Crippen LogP contribution is -2.35. The van der Waals surface area contributed by atoms with Crippen LogP contribution in [0.1, 0.15) is 47.8 Å². The number of sulfonamides is 1. The van der Waals surface area contributed by atoms with Crippen LogP contribution in [0.4, 0.5) is 0 Å². The van der Waals surface area contributed by atoms with Crippen LogP contribution >= 0.6 is 0 Å². The van der Waals surface area contributed by atoms with Crippen LogP contribution in [0.15, 0.2) is 53.4 Å². The largest absolute Gasteiger partial charge is 0.349 e. The number of nitrogens with one attached hydrogen (secondary N) is 2. The smallest absolute Gasteiger partial charge is 0.264 e. The van der Waals surface area contributed by atoms with Crippen LogP contribution in [0.2, 0.25) is 0 Å². The summed E-state index contributed by atoms with van der Waals surface area (Å²) in [6.45, 7) is 4.55. The molecule has 2 amide bonds. The first-order valence-electron chi connectivity index (χ1n) is 8.59. The maximum absolute atomic E-state index is 12.5. The number of aryl methyl sites for hydroxylation is 1. The fraction of sp³-hybridized carbons (Fsp3) is 0.250. The predicted octanol–water partition coefficient (Wildman–Crippen LogP) is 2.27. The summed E-state index contributed by atoms with van der Waals surface area (Å²) in [4.78, 5) is 35.1. The molecule has 0 radical (unpaired) electrons. The molecule has 1 unspecified atom stereocenters. The Kier molecular flexibility index (Phi) is 6.69. The number of hydrogen-bond acceptors (Lipinski definition) is 5. The van der Waals surface area contributed by atoms with E-state index >= 15 is 0 Å². The molecule has 0 aliphatic carbocycles. The zero-order valence-electron chi connectivity index (χ0n) is 15.9. The molecule has 7 nitrogen and oxygen atoms in total. The first-order chi connectivity index (χ1) is 13.1. The van der Waals surface area contributed by atoms with Gasteiger partial charge in [-0.15, -0.1) is 0 Å². The van der Waals surface area contributed by atoms with Gasteiger partial charge in [-0.05, 0) is 31.5 Å². The molecular weight excluding hydrogens is 380 g/mol. The number of carbonyl (C=O) groups is 3. The van der Waals surface area contributed by atoms with Gasteiger partial charge in [-0.1, -0.05) is 42.0 Å². The Labute approximate surface area is 164 Å². The van der Waals surface area contributed by atoms with E-state index in [1.165, 1.54) is 38.1 Å². The van der Waals surface area contributed by atoms with E-state index in [9.17, 15) is 22.8 Å². The maximum Gasteiger partial charge on any atom is 0.264 e. The zero-order chi connectivity index (χ0) is 20.9. The number of carbonyl (C=O) groups excluding carboxylic acids is 3. The van der Waals surface area contributed by atoms with Crippen LogP contribution in [0.25, 0.3) is 0 Å². The number of hydrogen-bond donors (Lipinski definition) is 2. The minimum Gasteiger partial charge on any atom is -0.349 e. The summed E-state index contributed by atoms with van der Waals surface area (Å²) >= 11 is 0. The van der Waals surface area contributed by atoms with Gasteiger partial charge >= 0.3 is 0 Å². The Morgan fingerprint density at radius 3 is 2.21 bits per heavy atom. The summed E-state index contributed by atoms with van der Waals surface area (Å²) in [5.41, 5.74) is 1.93. The SMILES string of the molecule is CC(=O)NC(CC(=O)NS(=O)(=O)c1cccc(C(C)=O)c1)c1ccc(C)cc1. The third-order valence-electron chi connectivity index (χ3n) is 4.05. The second kappa shape index (κ2) is 8.79. The highest BCUT2D eigenvalue weighted by atomic mass is 32.2. The minimum absolute atomic E-state index is 0.181. The molecule has 0 bridgehead atoms. The molecule has 0 aliphatic rings. The molecule has 2 aromatic rings. The molecule has 148 valence electrons. The third kappa shape index (κ3) is 5.75. The van der Waals surface area contributed by atoms with Gasteiger partial charge in [-0.2, -0.15) is 0 Å². The summed E-state index contributed by atoms with van der Waals surface area (Å²) < 4.78 is 26.9. The first-order valence-corrected chi connectivity index (χ1v) is 10.1. The van der Waals surface area contributed by atoms with Gasteiger partial charge < -0.3 is 5.32 Å². The van der Waals surface area contributed by atoms with E-state index in [-0.39, 0.29) is 28.6 Å². The van der Waals surface area contributed by atoms with Gasteiger partial charge in [0.15, 0.2) is 5.78 Å². The van der Waals surface area contributed by atoms with E-state index in [4.69, 9.17) is 0 Å². The fourth-order valence-corrected chi connectivity index (χ4v) is 3.66. The van der Waals surface area contributed by atoms with Crippen molar-refractivity contribution < 1.29 is 22.8 Å². The molecule has 2 rings (SSSR count). The van der Waals surface area contributed by atoms with Crippen LogP contribution < -0.4 is 10.0 Å². The van der Waals surface area contributed by atoms with E-state index in [1.807, 2.05) is 23.8 Å². The van der Waals surface area contributed by atoms with Crippen molar-refractivity contribution in [1.82, 2.24) is 10.0 Å². The summed E-state index contributed by atoms with van der Waals surface area (Å²) in [5.74, 6) is -1.39. The van der Waals surface area contributed by atoms with Crippen molar-refractivity contribution in [2.75, 3.05) is 0 Å². The lowest BCUT2D eigenvalue weighted by molar-refractivity contribution is -0.121.